The van der Waals surface area contributed by atoms with Gasteiger partial charge in [-0.3, -0.25) is 10.1 Å². The lowest BCUT2D eigenvalue weighted by Crippen LogP contribution is -2.20. The summed E-state index contributed by atoms with van der Waals surface area (Å²) in [6.07, 6.45) is 6.00. The van der Waals surface area contributed by atoms with Crippen LogP contribution in [0.1, 0.15) is 55.0 Å². The molecular weight excluding hydrogens is 362 g/mol. The van der Waals surface area contributed by atoms with Crippen LogP contribution in [-0.4, -0.2) is 32.3 Å². The van der Waals surface area contributed by atoms with Gasteiger partial charge in [0.25, 0.3) is 5.91 Å². The lowest BCUT2D eigenvalue weighted by atomic mass is 9.89. The number of rotatable bonds is 5. The molecule has 8 heteroatoms. The van der Waals surface area contributed by atoms with Gasteiger partial charge in [-0.25, -0.2) is 0 Å². The lowest BCUT2D eigenvalue weighted by Gasteiger charge is -2.18. The molecule has 0 bridgehead atoms. The molecule has 2 aromatic heterocycles. The molecule has 2 heterocycles. The molecule has 0 unspecified atom stereocenters. The smallest absolute Gasteiger partial charge is 0.264 e. The second-order valence-corrected chi connectivity index (χ2v) is 8.06. The van der Waals surface area contributed by atoms with E-state index in [-0.39, 0.29) is 12.5 Å². The number of anilines is 1. The molecule has 1 fully saturated rings. The van der Waals surface area contributed by atoms with Crippen LogP contribution >= 0.6 is 11.3 Å². The highest BCUT2D eigenvalue weighted by Crippen LogP contribution is 2.32. The molecule has 1 amide bonds. The summed E-state index contributed by atoms with van der Waals surface area (Å²) in [6, 6.07) is 5.89. The molecule has 3 aromatic rings. The SMILES string of the molecule is Cc1ccc(OCC(=O)Nc2nn3c(C4CCCCC4)nnc3s2)c(C)c1. The molecule has 0 spiro atoms. The molecule has 1 aliphatic rings. The Hall–Kier alpha value is -2.48. The van der Waals surface area contributed by atoms with E-state index in [1.165, 1.54) is 30.6 Å². The van der Waals surface area contributed by atoms with Crippen molar-refractivity contribution in [2.24, 2.45) is 0 Å². The molecule has 1 aromatic carbocycles. The number of hydrogen-bond donors (Lipinski definition) is 1. The van der Waals surface area contributed by atoms with Crippen molar-refractivity contribution in [3.8, 4) is 5.75 Å². The molecule has 0 atom stereocenters. The number of ether oxygens (including phenoxy) is 1. The molecule has 0 radical (unpaired) electrons. The van der Waals surface area contributed by atoms with Crippen LogP contribution in [0.5, 0.6) is 5.75 Å². The van der Waals surface area contributed by atoms with E-state index in [9.17, 15) is 4.79 Å². The van der Waals surface area contributed by atoms with Gasteiger partial charge in [0.15, 0.2) is 12.4 Å². The first kappa shape index (κ1) is 17.9. The maximum atomic E-state index is 12.2. The summed E-state index contributed by atoms with van der Waals surface area (Å²) in [5.74, 6) is 1.80. The Kier molecular flexibility index (Phi) is 5.07. The summed E-state index contributed by atoms with van der Waals surface area (Å²) >= 11 is 1.33. The minimum absolute atomic E-state index is 0.0560. The fourth-order valence-electron chi connectivity index (χ4n) is 3.56. The molecule has 142 valence electrons. The topological polar surface area (TPSA) is 81.4 Å². The van der Waals surface area contributed by atoms with Crippen LogP contribution < -0.4 is 10.1 Å². The number of hydrogen-bond acceptors (Lipinski definition) is 6. The minimum atomic E-state index is -0.237. The number of carbonyl (C=O) groups is 1. The Morgan fingerprint density at radius 1 is 1.26 bits per heavy atom. The third-order valence-corrected chi connectivity index (χ3v) is 5.74. The van der Waals surface area contributed by atoms with Gasteiger partial charge in [-0.05, 0) is 38.3 Å². The van der Waals surface area contributed by atoms with Crippen LogP contribution in [0.4, 0.5) is 5.13 Å². The summed E-state index contributed by atoms with van der Waals surface area (Å²) in [5.41, 5.74) is 2.18. The third-order valence-electron chi connectivity index (χ3n) is 4.92. The van der Waals surface area contributed by atoms with Crippen molar-refractivity contribution in [3.63, 3.8) is 0 Å². The number of nitrogens with one attached hydrogen (secondary N) is 1. The van der Waals surface area contributed by atoms with Crippen molar-refractivity contribution in [3.05, 3.63) is 35.2 Å². The second kappa shape index (κ2) is 7.64. The Labute approximate surface area is 161 Å². The van der Waals surface area contributed by atoms with E-state index in [2.05, 4.69) is 20.6 Å². The second-order valence-electron chi connectivity index (χ2n) is 7.10. The van der Waals surface area contributed by atoms with Crippen LogP contribution in [0.2, 0.25) is 0 Å². The first-order chi connectivity index (χ1) is 13.1. The first-order valence-corrected chi connectivity index (χ1v) is 10.1. The summed E-state index contributed by atoms with van der Waals surface area (Å²) in [7, 11) is 0. The Bertz CT molecular complexity index is 958. The van der Waals surface area contributed by atoms with Gasteiger partial charge in [-0.15, -0.1) is 15.3 Å². The van der Waals surface area contributed by atoms with E-state index >= 15 is 0 Å². The van der Waals surface area contributed by atoms with E-state index < -0.39 is 0 Å². The number of amides is 1. The maximum absolute atomic E-state index is 12.2. The Morgan fingerprint density at radius 2 is 2.07 bits per heavy atom. The van der Waals surface area contributed by atoms with E-state index in [1.807, 2.05) is 32.0 Å². The first-order valence-electron chi connectivity index (χ1n) is 9.32. The monoisotopic (exact) mass is 385 g/mol. The van der Waals surface area contributed by atoms with Gasteiger partial charge in [0.05, 0.1) is 0 Å². The number of aryl methyl sites for hydroxylation is 2. The summed E-state index contributed by atoms with van der Waals surface area (Å²) in [4.78, 5) is 12.9. The summed E-state index contributed by atoms with van der Waals surface area (Å²) in [6.45, 7) is 3.94. The van der Waals surface area contributed by atoms with Crippen molar-refractivity contribution in [1.29, 1.82) is 0 Å². The highest BCUT2D eigenvalue weighted by Gasteiger charge is 2.23. The normalized spacial score (nSPS) is 15.2. The predicted molar refractivity (Wildman–Crippen MR) is 105 cm³/mol. The number of fused-ring (bicyclic) bond motifs is 1. The average Bonchev–Trinajstić information content (AvgIpc) is 3.21. The predicted octanol–water partition coefficient (Wildman–Crippen LogP) is 3.87. The zero-order valence-corrected chi connectivity index (χ0v) is 16.4. The number of carbonyl (C=O) groups excluding carboxylic acids is 1. The van der Waals surface area contributed by atoms with Crippen LogP contribution in [0.25, 0.3) is 4.96 Å². The molecule has 4 rings (SSSR count). The zero-order chi connectivity index (χ0) is 18.8. The van der Waals surface area contributed by atoms with Crippen molar-refractivity contribution in [2.45, 2.75) is 51.9 Å². The van der Waals surface area contributed by atoms with Crippen molar-refractivity contribution in [2.75, 3.05) is 11.9 Å². The van der Waals surface area contributed by atoms with Crippen LogP contribution in [0, 0.1) is 13.8 Å². The molecule has 27 heavy (non-hydrogen) atoms. The molecular formula is C19H23N5O2S. The Balaban J connectivity index is 1.40. The van der Waals surface area contributed by atoms with Crippen molar-refractivity contribution < 1.29 is 9.53 Å². The Morgan fingerprint density at radius 3 is 2.85 bits per heavy atom. The van der Waals surface area contributed by atoms with E-state index in [4.69, 9.17) is 4.74 Å². The fraction of sp³-hybridized carbons (Fsp3) is 0.474. The molecule has 1 saturated carbocycles. The zero-order valence-electron chi connectivity index (χ0n) is 15.6. The van der Waals surface area contributed by atoms with Crippen molar-refractivity contribution >= 4 is 27.3 Å². The van der Waals surface area contributed by atoms with Crippen LogP contribution in [-0.2, 0) is 4.79 Å². The lowest BCUT2D eigenvalue weighted by molar-refractivity contribution is -0.118. The summed E-state index contributed by atoms with van der Waals surface area (Å²) in [5, 5.41) is 16.4. The van der Waals surface area contributed by atoms with Gasteiger partial charge in [0, 0.05) is 5.92 Å². The minimum Gasteiger partial charge on any atom is -0.483 e. The largest absolute Gasteiger partial charge is 0.483 e. The van der Waals surface area contributed by atoms with E-state index in [1.54, 1.807) is 4.52 Å². The molecule has 7 nitrogen and oxygen atoms in total. The van der Waals surface area contributed by atoms with Crippen molar-refractivity contribution in [1.82, 2.24) is 19.8 Å². The van der Waals surface area contributed by atoms with Gasteiger partial charge in [0.1, 0.15) is 5.75 Å². The highest BCUT2D eigenvalue weighted by molar-refractivity contribution is 7.20. The van der Waals surface area contributed by atoms with Crippen LogP contribution in [0.15, 0.2) is 18.2 Å². The van der Waals surface area contributed by atoms with Crippen LogP contribution in [0.3, 0.4) is 0 Å². The van der Waals surface area contributed by atoms with Gasteiger partial charge in [0.2, 0.25) is 10.1 Å². The number of benzene rings is 1. The van der Waals surface area contributed by atoms with E-state index in [0.29, 0.717) is 21.8 Å². The highest BCUT2D eigenvalue weighted by atomic mass is 32.1. The fourth-order valence-corrected chi connectivity index (χ4v) is 4.32. The summed E-state index contributed by atoms with van der Waals surface area (Å²) < 4.78 is 7.41. The maximum Gasteiger partial charge on any atom is 0.264 e. The molecule has 0 aliphatic heterocycles. The quantitative estimate of drug-likeness (QED) is 0.721. The molecule has 1 aliphatic carbocycles. The van der Waals surface area contributed by atoms with Gasteiger partial charge in [-0.1, -0.05) is 48.3 Å². The number of aromatic nitrogens is 4. The standard InChI is InChI=1S/C19H23N5O2S/c1-12-8-9-15(13(2)10-12)26-11-16(25)20-18-23-24-17(21-22-19(24)27-18)14-6-4-3-5-7-14/h8-10,14H,3-7,11H2,1-2H3,(H,20,23,25). The van der Waals surface area contributed by atoms with Gasteiger partial charge >= 0.3 is 0 Å². The number of nitrogens with zero attached hydrogens (tertiary/aromatic N) is 4. The molecule has 0 saturated heterocycles. The molecule has 1 N–H and O–H groups in total. The average molecular weight is 385 g/mol. The van der Waals surface area contributed by atoms with Gasteiger partial charge in [-0.2, -0.15) is 4.52 Å². The van der Waals surface area contributed by atoms with Gasteiger partial charge < -0.3 is 4.74 Å². The third kappa shape index (κ3) is 3.95. The van der Waals surface area contributed by atoms with E-state index in [0.717, 1.165) is 29.8 Å².